The highest BCUT2D eigenvalue weighted by molar-refractivity contribution is 7.26. The molecule has 0 unspecified atom stereocenters. The van der Waals surface area contributed by atoms with Gasteiger partial charge < -0.3 is 4.90 Å². The fourth-order valence-corrected chi connectivity index (χ4v) is 7.38. The molecular weight excluding hydrogens is 527 g/mol. The second-order valence-corrected chi connectivity index (χ2v) is 11.6. The molecule has 0 bridgehead atoms. The molecule has 42 heavy (non-hydrogen) atoms. The van der Waals surface area contributed by atoms with Gasteiger partial charge in [0, 0.05) is 42.3 Å². The molecule has 0 aliphatic carbocycles. The predicted octanol–water partition coefficient (Wildman–Crippen LogP) is 12.0. The molecule has 198 valence electrons. The van der Waals surface area contributed by atoms with Crippen LogP contribution < -0.4 is 4.90 Å². The van der Waals surface area contributed by atoms with Crippen molar-refractivity contribution in [1.29, 1.82) is 0 Å². The highest BCUT2D eigenvalue weighted by atomic mass is 32.1. The zero-order valence-electron chi connectivity index (χ0n) is 22.9. The lowest BCUT2D eigenvalue weighted by molar-refractivity contribution is 1.30. The first-order valence-corrected chi connectivity index (χ1v) is 15.1. The largest absolute Gasteiger partial charge is 0.310 e. The Morgan fingerprint density at radius 2 is 1.00 bits per heavy atom. The minimum absolute atomic E-state index is 1.13. The second-order valence-electron chi connectivity index (χ2n) is 10.6. The van der Waals surface area contributed by atoms with E-state index in [2.05, 4.69) is 169 Å². The van der Waals surface area contributed by atoms with E-state index >= 15 is 0 Å². The Kier molecular flexibility index (Phi) is 6.05. The van der Waals surface area contributed by atoms with Crippen LogP contribution in [0, 0.1) is 0 Å². The van der Waals surface area contributed by atoms with Gasteiger partial charge in [0.2, 0.25) is 0 Å². The van der Waals surface area contributed by atoms with Gasteiger partial charge in [-0.3, -0.25) is 0 Å². The third-order valence-electron chi connectivity index (χ3n) is 8.03. The summed E-state index contributed by atoms with van der Waals surface area (Å²) < 4.78 is 2.64. The maximum atomic E-state index is 2.42. The first-order valence-electron chi connectivity index (χ1n) is 14.3. The van der Waals surface area contributed by atoms with Crippen molar-refractivity contribution < 1.29 is 0 Å². The second kappa shape index (κ2) is 10.3. The average Bonchev–Trinajstić information content (AvgIpc) is 3.46. The van der Waals surface area contributed by atoms with Crippen molar-refractivity contribution in [2.45, 2.75) is 0 Å². The summed E-state index contributed by atoms with van der Waals surface area (Å²) in [5.41, 5.74) is 8.38. The Morgan fingerprint density at radius 1 is 0.405 bits per heavy atom. The van der Waals surface area contributed by atoms with E-state index in [1.807, 2.05) is 11.3 Å². The molecule has 0 saturated heterocycles. The standard InChI is InChI=1S/C40H27NS/c1-4-14-28(15-5-1)30-18-12-21-32(26-30)41(31-19-8-3-9-20-31)37-27-36-39-33(29-16-6-2-7-17-29)24-13-25-38(39)42-40(36)35-23-11-10-22-34(35)37/h1-27H. The fraction of sp³-hybridized carbons (Fsp3) is 0. The lowest BCUT2D eigenvalue weighted by Gasteiger charge is -2.27. The van der Waals surface area contributed by atoms with Crippen molar-refractivity contribution in [3.63, 3.8) is 0 Å². The Labute approximate surface area is 249 Å². The number of anilines is 3. The number of nitrogens with zero attached hydrogens (tertiary/aromatic N) is 1. The van der Waals surface area contributed by atoms with E-state index in [9.17, 15) is 0 Å². The summed E-state index contributed by atoms with van der Waals surface area (Å²) >= 11 is 1.89. The molecule has 8 rings (SSSR count). The lowest BCUT2D eigenvalue weighted by Crippen LogP contribution is -2.10. The number of rotatable bonds is 5. The summed E-state index contributed by atoms with van der Waals surface area (Å²) in [4.78, 5) is 2.42. The topological polar surface area (TPSA) is 3.24 Å². The highest BCUT2D eigenvalue weighted by Crippen LogP contribution is 2.48. The van der Waals surface area contributed by atoms with Gasteiger partial charge in [0.1, 0.15) is 0 Å². The molecule has 0 radical (unpaired) electrons. The van der Waals surface area contributed by atoms with E-state index in [4.69, 9.17) is 0 Å². The first-order chi connectivity index (χ1) is 20.8. The van der Waals surface area contributed by atoms with Crippen LogP contribution in [-0.4, -0.2) is 0 Å². The van der Waals surface area contributed by atoms with Crippen molar-refractivity contribution in [2.24, 2.45) is 0 Å². The van der Waals surface area contributed by atoms with Crippen LogP contribution in [-0.2, 0) is 0 Å². The van der Waals surface area contributed by atoms with Crippen molar-refractivity contribution in [1.82, 2.24) is 0 Å². The Bertz CT molecular complexity index is 2180. The normalized spacial score (nSPS) is 11.3. The van der Waals surface area contributed by atoms with Gasteiger partial charge in [0.15, 0.2) is 0 Å². The van der Waals surface area contributed by atoms with Crippen LogP contribution in [0.15, 0.2) is 164 Å². The summed E-state index contributed by atoms with van der Waals surface area (Å²) in [6.07, 6.45) is 0. The van der Waals surface area contributed by atoms with Gasteiger partial charge in [-0.15, -0.1) is 11.3 Å². The molecule has 7 aromatic carbocycles. The molecule has 0 saturated carbocycles. The predicted molar refractivity (Wildman–Crippen MR) is 182 cm³/mol. The molecule has 1 aromatic heterocycles. The smallest absolute Gasteiger partial charge is 0.0547 e. The summed E-state index contributed by atoms with van der Waals surface area (Å²) in [5, 5.41) is 5.14. The number of thiophene rings is 1. The monoisotopic (exact) mass is 553 g/mol. The summed E-state index contributed by atoms with van der Waals surface area (Å²) in [5.74, 6) is 0. The van der Waals surface area contributed by atoms with Crippen LogP contribution in [0.3, 0.4) is 0 Å². The SMILES string of the molecule is c1ccc(-c2cccc(N(c3ccccc3)c3cc4c(sc5cccc(-c6ccccc6)c54)c4ccccc34)c2)cc1. The average molecular weight is 554 g/mol. The molecule has 0 aliphatic rings. The fourth-order valence-electron chi connectivity index (χ4n) is 6.13. The zero-order valence-corrected chi connectivity index (χ0v) is 23.8. The Hall–Kier alpha value is -5.18. The molecule has 1 nitrogen and oxygen atoms in total. The minimum atomic E-state index is 1.13. The van der Waals surface area contributed by atoms with Crippen molar-refractivity contribution >= 4 is 59.3 Å². The number of hydrogen-bond donors (Lipinski definition) is 0. The van der Waals surface area contributed by atoms with E-state index in [1.165, 1.54) is 58.9 Å². The van der Waals surface area contributed by atoms with E-state index < -0.39 is 0 Å². The van der Waals surface area contributed by atoms with Crippen LogP contribution in [0.1, 0.15) is 0 Å². The molecular formula is C40H27NS. The lowest BCUT2D eigenvalue weighted by atomic mass is 9.97. The molecule has 0 atom stereocenters. The van der Waals surface area contributed by atoms with Crippen LogP contribution in [0.4, 0.5) is 17.1 Å². The molecule has 2 heteroatoms. The summed E-state index contributed by atoms with van der Waals surface area (Å²) in [7, 11) is 0. The van der Waals surface area contributed by atoms with Gasteiger partial charge in [-0.1, -0.05) is 127 Å². The number of para-hydroxylation sites is 1. The molecule has 0 fully saturated rings. The molecule has 0 aliphatic heterocycles. The zero-order chi connectivity index (χ0) is 27.9. The molecule has 0 N–H and O–H groups in total. The number of hydrogen-bond acceptors (Lipinski definition) is 2. The maximum Gasteiger partial charge on any atom is 0.0547 e. The van der Waals surface area contributed by atoms with Gasteiger partial charge in [-0.2, -0.15) is 0 Å². The quantitative estimate of drug-likeness (QED) is 0.205. The number of fused-ring (bicyclic) bond motifs is 5. The van der Waals surface area contributed by atoms with Gasteiger partial charge >= 0.3 is 0 Å². The maximum absolute atomic E-state index is 2.42. The van der Waals surface area contributed by atoms with Crippen molar-refractivity contribution in [3.05, 3.63) is 164 Å². The van der Waals surface area contributed by atoms with Gasteiger partial charge in [-0.25, -0.2) is 0 Å². The van der Waals surface area contributed by atoms with Crippen LogP contribution in [0.25, 0.3) is 53.2 Å². The first kappa shape index (κ1) is 24.6. The Morgan fingerprint density at radius 3 is 1.76 bits per heavy atom. The minimum Gasteiger partial charge on any atom is -0.310 e. The number of benzene rings is 7. The third kappa shape index (κ3) is 4.16. The summed E-state index contributed by atoms with van der Waals surface area (Å²) in [6.45, 7) is 0. The van der Waals surface area contributed by atoms with Crippen LogP contribution in [0.5, 0.6) is 0 Å². The van der Waals surface area contributed by atoms with Gasteiger partial charge in [0.25, 0.3) is 0 Å². The van der Waals surface area contributed by atoms with E-state index in [-0.39, 0.29) is 0 Å². The summed E-state index contributed by atoms with van der Waals surface area (Å²) in [6, 6.07) is 59.0. The molecule has 0 spiro atoms. The molecule has 8 aromatic rings. The third-order valence-corrected chi connectivity index (χ3v) is 9.24. The Balaban J connectivity index is 1.45. The van der Waals surface area contributed by atoms with E-state index in [1.54, 1.807) is 0 Å². The van der Waals surface area contributed by atoms with Crippen molar-refractivity contribution in [2.75, 3.05) is 4.90 Å². The highest BCUT2D eigenvalue weighted by Gasteiger charge is 2.20. The van der Waals surface area contributed by atoms with Gasteiger partial charge in [-0.05, 0) is 58.7 Å². The van der Waals surface area contributed by atoms with Crippen LogP contribution >= 0.6 is 11.3 Å². The molecule has 1 heterocycles. The molecule has 0 amide bonds. The van der Waals surface area contributed by atoms with E-state index in [0.29, 0.717) is 0 Å². The van der Waals surface area contributed by atoms with E-state index in [0.717, 1.165) is 11.4 Å². The van der Waals surface area contributed by atoms with Crippen LogP contribution in [0.2, 0.25) is 0 Å². The van der Waals surface area contributed by atoms with Gasteiger partial charge in [0.05, 0.1) is 5.69 Å². The van der Waals surface area contributed by atoms with Crippen molar-refractivity contribution in [3.8, 4) is 22.3 Å².